The van der Waals surface area contributed by atoms with Gasteiger partial charge < -0.3 is 10.4 Å². The van der Waals surface area contributed by atoms with Crippen molar-refractivity contribution in [1.82, 2.24) is 10.3 Å². The number of rotatable bonds is 3. The Morgan fingerprint density at radius 1 is 1.28 bits per heavy atom. The van der Waals surface area contributed by atoms with Crippen molar-refractivity contribution in [3.05, 3.63) is 28.0 Å². The van der Waals surface area contributed by atoms with Gasteiger partial charge in [0, 0.05) is 0 Å². The monoisotopic (exact) mass is 290 g/mol. The Hall–Kier alpha value is -0.840. The fourth-order valence-electron chi connectivity index (χ4n) is 1.09. The van der Waals surface area contributed by atoms with Gasteiger partial charge in [-0.3, -0.25) is 4.79 Å². The number of hydrogen-bond acceptors (Lipinski definition) is 3. The molecule has 0 saturated carbocycles. The van der Waals surface area contributed by atoms with Gasteiger partial charge in [0.1, 0.15) is 10.3 Å². The molecule has 0 aliphatic heterocycles. The smallest absolute Gasteiger partial charge is 0.254 e. The van der Waals surface area contributed by atoms with Crippen LogP contribution in [-0.2, 0) is 0 Å². The number of carbonyl (C=O) groups excluding carboxylic acids is 1. The molecule has 0 aliphatic rings. The third-order valence-electron chi connectivity index (χ3n) is 3.01. The highest BCUT2D eigenvalue weighted by molar-refractivity contribution is 6.34. The fraction of sp³-hybridized carbons (Fsp3) is 0.500. The SMILES string of the molecule is CC(C)(O)C(C)(C)NC(=O)c1ccc(Cl)nc1Cl. The lowest BCUT2D eigenvalue weighted by molar-refractivity contribution is -0.00293. The fourth-order valence-corrected chi connectivity index (χ4v) is 1.52. The van der Waals surface area contributed by atoms with Crippen molar-refractivity contribution < 1.29 is 9.90 Å². The summed E-state index contributed by atoms with van der Waals surface area (Å²) in [6.45, 7) is 6.69. The molecule has 1 aromatic heterocycles. The lowest BCUT2D eigenvalue weighted by atomic mass is 9.86. The van der Waals surface area contributed by atoms with Crippen molar-refractivity contribution in [2.75, 3.05) is 0 Å². The minimum absolute atomic E-state index is 0.0338. The second-order valence-electron chi connectivity index (χ2n) is 5.11. The summed E-state index contributed by atoms with van der Waals surface area (Å²) in [7, 11) is 0. The topological polar surface area (TPSA) is 62.2 Å². The zero-order valence-corrected chi connectivity index (χ0v) is 12.2. The molecule has 0 unspecified atom stereocenters. The quantitative estimate of drug-likeness (QED) is 0.842. The molecule has 100 valence electrons. The Morgan fingerprint density at radius 3 is 2.28 bits per heavy atom. The Balaban J connectivity index is 2.96. The van der Waals surface area contributed by atoms with E-state index in [2.05, 4.69) is 10.3 Å². The van der Waals surface area contributed by atoms with Gasteiger partial charge in [0.2, 0.25) is 0 Å². The van der Waals surface area contributed by atoms with E-state index in [1.54, 1.807) is 27.7 Å². The van der Waals surface area contributed by atoms with Gasteiger partial charge in [-0.15, -0.1) is 0 Å². The van der Waals surface area contributed by atoms with Crippen molar-refractivity contribution >= 4 is 29.1 Å². The molecule has 0 radical (unpaired) electrons. The molecular weight excluding hydrogens is 275 g/mol. The van der Waals surface area contributed by atoms with Gasteiger partial charge in [0.15, 0.2) is 0 Å². The molecule has 0 bridgehead atoms. The maximum Gasteiger partial charge on any atom is 0.254 e. The normalized spacial score (nSPS) is 12.4. The zero-order chi connectivity index (χ0) is 14.1. The minimum Gasteiger partial charge on any atom is -0.388 e. The lowest BCUT2D eigenvalue weighted by Crippen LogP contribution is -2.57. The first-order chi connectivity index (χ1) is 8.04. The molecule has 1 aromatic rings. The molecule has 0 spiro atoms. The van der Waals surface area contributed by atoms with Gasteiger partial charge in [0.25, 0.3) is 5.91 Å². The molecule has 1 heterocycles. The van der Waals surface area contributed by atoms with Gasteiger partial charge >= 0.3 is 0 Å². The van der Waals surface area contributed by atoms with Gasteiger partial charge in [-0.25, -0.2) is 4.98 Å². The molecule has 6 heteroatoms. The van der Waals surface area contributed by atoms with Crippen molar-refractivity contribution in [3.63, 3.8) is 0 Å². The molecule has 4 nitrogen and oxygen atoms in total. The number of aromatic nitrogens is 1. The number of hydrogen-bond donors (Lipinski definition) is 2. The van der Waals surface area contributed by atoms with Crippen LogP contribution in [0.4, 0.5) is 0 Å². The summed E-state index contributed by atoms with van der Waals surface area (Å²) in [6, 6.07) is 2.98. The summed E-state index contributed by atoms with van der Waals surface area (Å²) in [5, 5.41) is 12.9. The Bertz CT molecular complexity index is 468. The van der Waals surface area contributed by atoms with E-state index in [0.29, 0.717) is 0 Å². The standard InChI is InChI=1S/C12H16Cl2N2O2/c1-11(2,12(3,4)18)16-10(17)7-5-6-8(13)15-9(7)14/h5-6,18H,1-4H3,(H,16,17). The van der Waals surface area contributed by atoms with Crippen molar-refractivity contribution in [2.45, 2.75) is 38.8 Å². The molecule has 0 aromatic carbocycles. The van der Waals surface area contributed by atoms with Crippen LogP contribution in [0.25, 0.3) is 0 Å². The summed E-state index contributed by atoms with van der Waals surface area (Å²) in [5.41, 5.74) is -1.67. The molecule has 1 rings (SSSR count). The summed E-state index contributed by atoms with van der Waals surface area (Å²) in [6.07, 6.45) is 0. The van der Waals surface area contributed by atoms with Gasteiger partial charge in [0.05, 0.1) is 16.7 Å². The Kier molecular flexibility index (Phi) is 4.26. The minimum atomic E-state index is -1.07. The average molecular weight is 291 g/mol. The zero-order valence-electron chi connectivity index (χ0n) is 10.7. The van der Waals surface area contributed by atoms with E-state index in [0.717, 1.165) is 0 Å². The number of halogens is 2. The maximum atomic E-state index is 12.0. The van der Waals surface area contributed by atoms with Crippen molar-refractivity contribution in [1.29, 1.82) is 0 Å². The van der Waals surface area contributed by atoms with Gasteiger partial charge in [-0.05, 0) is 39.8 Å². The number of amides is 1. The van der Waals surface area contributed by atoms with E-state index in [-0.39, 0.29) is 15.9 Å². The van der Waals surface area contributed by atoms with Crippen LogP contribution in [0.5, 0.6) is 0 Å². The van der Waals surface area contributed by atoms with E-state index in [4.69, 9.17) is 23.2 Å². The third-order valence-corrected chi connectivity index (χ3v) is 3.51. The highest BCUT2D eigenvalue weighted by atomic mass is 35.5. The number of aliphatic hydroxyl groups is 1. The Morgan fingerprint density at radius 2 is 1.83 bits per heavy atom. The third kappa shape index (κ3) is 3.34. The molecular formula is C12H16Cl2N2O2. The van der Waals surface area contributed by atoms with Crippen LogP contribution >= 0.6 is 23.2 Å². The average Bonchev–Trinajstić information content (AvgIpc) is 2.14. The number of carbonyl (C=O) groups is 1. The lowest BCUT2D eigenvalue weighted by Gasteiger charge is -2.38. The first kappa shape index (κ1) is 15.2. The molecule has 18 heavy (non-hydrogen) atoms. The van der Waals surface area contributed by atoms with E-state index in [9.17, 15) is 9.90 Å². The number of pyridine rings is 1. The first-order valence-electron chi connectivity index (χ1n) is 5.41. The van der Waals surface area contributed by atoms with Crippen LogP contribution in [0.2, 0.25) is 10.3 Å². The summed E-state index contributed by atoms with van der Waals surface area (Å²) >= 11 is 11.5. The highest BCUT2D eigenvalue weighted by Crippen LogP contribution is 2.23. The summed E-state index contributed by atoms with van der Waals surface area (Å²) in [5.74, 6) is -0.406. The second-order valence-corrected chi connectivity index (χ2v) is 5.86. The highest BCUT2D eigenvalue weighted by Gasteiger charge is 2.36. The van der Waals surface area contributed by atoms with E-state index in [1.807, 2.05) is 0 Å². The van der Waals surface area contributed by atoms with Crippen LogP contribution in [0, 0.1) is 0 Å². The number of nitrogens with one attached hydrogen (secondary N) is 1. The summed E-state index contributed by atoms with van der Waals surface area (Å²) < 4.78 is 0. The molecule has 2 N–H and O–H groups in total. The molecule has 0 atom stereocenters. The summed E-state index contributed by atoms with van der Waals surface area (Å²) in [4.78, 5) is 15.8. The molecule has 0 saturated heterocycles. The predicted octanol–water partition coefficient (Wildman–Crippen LogP) is 2.67. The largest absolute Gasteiger partial charge is 0.388 e. The predicted molar refractivity (Wildman–Crippen MR) is 72.1 cm³/mol. The van der Waals surface area contributed by atoms with Crippen LogP contribution < -0.4 is 5.32 Å². The molecule has 0 fully saturated rings. The first-order valence-corrected chi connectivity index (χ1v) is 6.17. The van der Waals surface area contributed by atoms with Gasteiger partial charge in [-0.2, -0.15) is 0 Å². The van der Waals surface area contributed by atoms with Gasteiger partial charge in [-0.1, -0.05) is 23.2 Å². The van der Waals surface area contributed by atoms with Crippen LogP contribution in [-0.4, -0.2) is 27.1 Å². The van der Waals surface area contributed by atoms with Crippen LogP contribution in [0.3, 0.4) is 0 Å². The van der Waals surface area contributed by atoms with E-state index in [1.165, 1.54) is 12.1 Å². The van der Waals surface area contributed by atoms with E-state index < -0.39 is 17.0 Å². The second kappa shape index (κ2) is 5.03. The van der Waals surface area contributed by atoms with Crippen molar-refractivity contribution in [2.24, 2.45) is 0 Å². The molecule has 0 aliphatic carbocycles. The van der Waals surface area contributed by atoms with Crippen molar-refractivity contribution in [3.8, 4) is 0 Å². The van der Waals surface area contributed by atoms with Crippen LogP contribution in [0.1, 0.15) is 38.1 Å². The van der Waals surface area contributed by atoms with Crippen LogP contribution in [0.15, 0.2) is 12.1 Å². The Labute approximate surface area is 116 Å². The maximum absolute atomic E-state index is 12.0. The molecule has 1 amide bonds. The van der Waals surface area contributed by atoms with E-state index >= 15 is 0 Å². The number of nitrogens with zero attached hydrogens (tertiary/aromatic N) is 1.